The van der Waals surface area contributed by atoms with Crippen LogP contribution in [0.1, 0.15) is 37.5 Å². The van der Waals surface area contributed by atoms with Crippen LogP contribution < -0.4 is 0 Å². The molecule has 1 aromatic rings. The molecule has 1 aromatic carbocycles. The van der Waals surface area contributed by atoms with E-state index in [4.69, 9.17) is 9.47 Å². The number of amides is 2. The minimum Gasteiger partial charge on any atom is -0.457 e. The average molecular weight is 467 g/mol. The Labute approximate surface area is 178 Å². The highest BCUT2D eigenvalue weighted by Gasteiger charge is 2.58. The third-order valence-corrected chi connectivity index (χ3v) is 5.59. The minimum atomic E-state index is -5.01. The van der Waals surface area contributed by atoms with E-state index < -0.39 is 66.3 Å². The molecule has 0 N–H and O–H groups in total. The SMILES string of the molecule is CC(C)[C@H]1COC(=O)N1C(=O)[C@@H]1[C@@H](c2ccc(C(F)(F)F)cc2)OC(=O)C[C@H]1C(F)(F)F. The van der Waals surface area contributed by atoms with Gasteiger partial charge in [-0.2, -0.15) is 26.3 Å². The topological polar surface area (TPSA) is 72.9 Å². The maximum Gasteiger partial charge on any atom is 0.416 e. The molecule has 2 aliphatic heterocycles. The van der Waals surface area contributed by atoms with Crippen molar-refractivity contribution in [3.63, 3.8) is 0 Å². The Morgan fingerprint density at radius 1 is 1.06 bits per heavy atom. The van der Waals surface area contributed by atoms with Gasteiger partial charge in [-0.15, -0.1) is 0 Å². The Hall–Kier alpha value is -2.79. The smallest absolute Gasteiger partial charge is 0.416 e. The lowest BCUT2D eigenvalue weighted by atomic mass is 9.78. The largest absolute Gasteiger partial charge is 0.457 e. The lowest BCUT2D eigenvalue weighted by molar-refractivity contribution is -0.225. The third-order valence-electron chi connectivity index (χ3n) is 5.59. The van der Waals surface area contributed by atoms with Gasteiger partial charge in [0, 0.05) is 0 Å². The number of alkyl halides is 6. The van der Waals surface area contributed by atoms with Crippen LogP contribution in [0.2, 0.25) is 0 Å². The summed E-state index contributed by atoms with van der Waals surface area (Å²) in [6, 6.07) is 2.09. The number of halogens is 6. The number of benzene rings is 1. The fraction of sp³-hybridized carbons (Fsp3) is 0.550. The first kappa shape index (κ1) is 23.9. The average Bonchev–Trinajstić information content (AvgIpc) is 3.07. The van der Waals surface area contributed by atoms with Crippen LogP contribution in [-0.4, -0.2) is 41.7 Å². The molecule has 4 atom stereocenters. The van der Waals surface area contributed by atoms with Crippen LogP contribution in [-0.2, 0) is 25.2 Å². The van der Waals surface area contributed by atoms with Crippen LogP contribution >= 0.6 is 0 Å². The molecule has 0 saturated carbocycles. The number of hydrogen-bond donors (Lipinski definition) is 0. The second-order valence-electron chi connectivity index (χ2n) is 8.00. The number of carbonyl (C=O) groups excluding carboxylic acids is 3. The molecule has 2 fully saturated rings. The zero-order valence-electron chi connectivity index (χ0n) is 16.9. The van der Waals surface area contributed by atoms with E-state index in [2.05, 4.69) is 0 Å². The van der Waals surface area contributed by atoms with E-state index in [1.165, 1.54) is 0 Å². The van der Waals surface area contributed by atoms with E-state index in [1.807, 2.05) is 0 Å². The molecular weight excluding hydrogens is 448 g/mol. The Morgan fingerprint density at radius 3 is 2.16 bits per heavy atom. The lowest BCUT2D eigenvalue weighted by Crippen LogP contribution is -2.53. The highest BCUT2D eigenvalue weighted by molar-refractivity contribution is 5.96. The summed E-state index contributed by atoms with van der Waals surface area (Å²) in [6.07, 6.45) is -13.8. The van der Waals surface area contributed by atoms with Gasteiger partial charge in [0.2, 0.25) is 5.91 Å². The molecule has 2 aliphatic rings. The maximum atomic E-state index is 13.8. The Morgan fingerprint density at radius 2 is 1.66 bits per heavy atom. The number of rotatable bonds is 3. The van der Waals surface area contributed by atoms with Crippen molar-refractivity contribution in [3.05, 3.63) is 35.4 Å². The van der Waals surface area contributed by atoms with Gasteiger partial charge >= 0.3 is 24.4 Å². The normalized spacial score (nSPS) is 26.8. The molecule has 32 heavy (non-hydrogen) atoms. The number of imide groups is 1. The van der Waals surface area contributed by atoms with Gasteiger partial charge in [0.05, 0.1) is 29.9 Å². The highest BCUT2D eigenvalue weighted by atomic mass is 19.4. The van der Waals surface area contributed by atoms with Gasteiger partial charge in [0.25, 0.3) is 0 Å². The van der Waals surface area contributed by atoms with Crippen LogP contribution in [0.15, 0.2) is 24.3 Å². The molecule has 176 valence electrons. The predicted molar refractivity (Wildman–Crippen MR) is 94.7 cm³/mol. The summed E-state index contributed by atoms with van der Waals surface area (Å²) >= 11 is 0. The van der Waals surface area contributed by atoms with Crippen molar-refractivity contribution in [2.24, 2.45) is 17.8 Å². The van der Waals surface area contributed by atoms with Crippen molar-refractivity contribution in [2.45, 2.75) is 44.8 Å². The molecule has 0 spiro atoms. The first-order valence-electron chi connectivity index (χ1n) is 9.65. The maximum absolute atomic E-state index is 13.8. The van der Waals surface area contributed by atoms with E-state index >= 15 is 0 Å². The van der Waals surface area contributed by atoms with Crippen LogP contribution in [0.3, 0.4) is 0 Å². The Balaban J connectivity index is 2.06. The molecule has 0 bridgehead atoms. The van der Waals surface area contributed by atoms with Gasteiger partial charge in [-0.1, -0.05) is 26.0 Å². The van der Waals surface area contributed by atoms with Crippen molar-refractivity contribution in [1.29, 1.82) is 0 Å². The molecular formula is C20H19F6NO5. The van der Waals surface area contributed by atoms with Gasteiger partial charge in [-0.3, -0.25) is 9.59 Å². The summed E-state index contributed by atoms with van der Waals surface area (Å²) in [5.41, 5.74) is -1.30. The first-order chi connectivity index (χ1) is 14.7. The van der Waals surface area contributed by atoms with Crippen molar-refractivity contribution in [2.75, 3.05) is 6.61 Å². The quantitative estimate of drug-likeness (QED) is 0.484. The summed E-state index contributed by atoms with van der Waals surface area (Å²) in [4.78, 5) is 37.9. The number of ether oxygens (including phenoxy) is 2. The fourth-order valence-electron chi connectivity index (χ4n) is 3.88. The van der Waals surface area contributed by atoms with Crippen LogP contribution in [0.4, 0.5) is 31.1 Å². The van der Waals surface area contributed by atoms with E-state index in [0.29, 0.717) is 17.0 Å². The molecule has 0 aliphatic carbocycles. The van der Waals surface area contributed by atoms with Gasteiger partial charge in [0.1, 0.15) is 12.7 Å². The molecule has 2 amide bonds. The first-order valence-corrected chi connectivity index (χ1v) is 9.65. The minimum absolute atomic E-state index is 0.212. The summed E-state index contributed by atoms with van der Waals surface area (Å²) in [5, 5.41) is 0. The molecule has 0 aromatic heterocycles. The second-order valence-corrected chi connectivity index (χ2v) is 8.00. The van der Waals surface area contributed by atoms with E-state index in [-0.39, 0.29) is 18.1 Å². The van der Waals surface area contributed by atoms with Crippen LogP contribution in [0.5, 0.6) is 0 Å². The second kappa shape index (κ2) is 8.28. The lowest BCUT2D eigenvalue weighted by Gasteiger charge is -2.39. The summed E-state index contributed by atoms with van der Waals surface area (Å²) in [6.45, 7) is 3.07. The van der Waals surface area contributed by atoms with E-state index in [1.54, 1.807) is 13.8 Å². The zero-order valence-corrected chi connectivity index (χ0v) is 16.9. The summed E-state index contributed by atoms with van der Waals surface area (Å²) in [7, 11) is 0. The van der Waals surface area contributed by atoms with Crippen molar-refractivity contribution in [1.82, 2.24) is 4.90 Å². The number of cyclic esters (lactones) is 2. The fourth-order valence-corrected chi connectivity index (χ4v) is 3.88. The third kappa shape index (κ3) is 4.53. The summed E-state index contributed by atoms with van der Waals surface area (Å²) in [5.74, 6) is -7.43. The molecule has 6 nitrogen and oxygen atoms in total. The molecule has 2 saturated heterocycles. The van der Waals surface area contributed by atoms with Gasteiger partial charge < -0.3 is 9.47 Å². The molecule has 2 heterocycles. The predicted octanol–water partition coefficient (Wildman–Crippen LogP) is 4.49. The molecule has 3 rings (SSSR count). The Kier molecular flexibility index (Phi) is 6.18. The molecule has 12 heteroatoms. The van der Waals surface area contributed by atoms with E-state index in [9.17, 15) is 40.7 Å². The molecule has 0 unspecified atom stereocenters. The van der Waals surface area contributed by atoms with Gasteiger partial charge in [-0.05, 0) is 23.6 Å². The number of esters is 1. The van der Waals surface area contributed by atoms with Crippen LogP contribution in [0.25, 0.3) is 0 Å². The Bertz CT molecular complexity index is 895. The van der Waals surface area contributed by atoms with E-state index in [0.717, 1.165) is 12.1 Å². The number of nitrogens with zero attached hydrogens (tertiary/aromatic N) is 1. The van der Waals surface area contributed by atoms with Gasteiger partial charge in [0.15, 0.2) is 0 Å². The zero-order chi connectivity index (χ0) is 24.0. The van der Waals surface area contributed by atoms with Crippen molar-refractivity contribution < 1.29 is 50.2 Å². The number of carbonyl (C=O) groups is 3. The van der Waals surface area contributed by atoms with Gasteiger partial charge in [-0.25, -0.2) is 9.69 Å². The molecule has 0 radical (unpaired) electrons. The van der Waals surface area contributed by atoms with Crippen LogP contribution in [0, 0.1) is 17.8 Å². The standard InChI is InChI=1S/C20H19F6NO5/c1-9(2)13-8-31-18(30)27(13)17(29)15-12(20(24,25)26)7-14(28)32-16(15)10-3-5-11(6-4-10)19(21,22)23/h3-6,9,12-13,15-16H,7-8H2,1-2H3/t12-,13-,15+,16-/m1/s1. The number of hydrogen-bond acceptors (Lipinski definition) is 5. The summed E-state index contributed by atoms with van der Waals surface area (Å²) < 4.78 is 90.0. The highest BCUT2D eigenvalue weighted by Crippen LogP contribution is 2.47. The van der Waals surface area contributed by atoms with Crippen molar-refractivity contribution in [3.8, 4) is 0 Å². The van der Waals surface area contributed by atoms with Crippen molar-refractivity contribution >= 4 is 18.0 Å². The monoisotopic (exact) mass is 467 g/mol.